The van der Waals surface area contributed by atoms with Crippen LogP contribution in [0, 0.1) is 0 Å². The Bertz CT molecular complexity index is 3150. The van der Waals surface area contributed by atoms with Crippen molar-refractivity contribution in [2.24, 2.45) is 0 Å². The van der Waals surface area contributed by atoms with Gasteiger partial charge in [-0.25, -0.2) is 0 Å². The van der Waals surface area contributed by atoms with E-state index in [1.54, 1.807) is 0 Å². The molecule has 11 rings (SSSR count). The Balaban J connectivity index is 0.951. The lowest BCUT2D eigenvalue weighted by atomic mass is 9.82. The fourth-order valence-electron chi connectivity index (χ4n) is 9.24. The van der Waals surface area contributed by atoms with Gasteiger partial charge in [-0.15, -0.1) is 0 Å². The van der Waals surface area contributed by atoms with E-state index in [0.29, 0.717) is 0 Å². The summed E-state index contributed by atoms with van der Waals surface area (Å²) in [5.74, 6) is 0. The molecule has 10 aromatic rings. The highest BCUT2D eigenvalue weighted by Gasteiger charge is 2.35. The average Bonchev–Trinajstić information content (AvgIpc) is 3.78. The molecular formula is C57H41NO. The highest BCUT2D eigenvalue weighted by molar-refractivity contribution is 6.06. The van der Waals surface area contributed by atoms with Crippen molar-refractivity contribution in [3.63, 3.8) is 0 Å². The minimum absolute atomic E-state index is 0.104. The highest BCUT2D eigenvalue weighted by atomic mass is 16.3. The van der Waals surface area contributed by atoms with Gasteiger partial charge in [0.05, 0.1) is 0 Å². The Kier molecular flexibility index (Phi) is 8.20. The summed E-state index contributed by atoms with van der Waals surface area (Å²) >= 11 is 0. The number of benzene rings is 9. The fourth-order valence-corrected chi connectivity index (χ4v) is 9.24. The molecule has 0 aliphatic heterocycles. The normalized spacial score (nSPS) is 12.7. The van der Waals surface area contributed by atoms with E-state index in [2.05, 4.69) is 219 Å². The SMILES string of the molecule is CC1(C)c2ccccc2-c2ccc(N(c3ccc(-c4ccc(-c5ccc6oc7ccccc7c6c5)cc4)cc3)c3ccc(-c4ccccc4-c4ccccc4)cc3)cc21. The molecule has 0 saturated carbocycles. The lowest BCUT2D eigenvalue weighted by Gasteiger charge is -2.28. The minimum Gasteiger partial charge on any atom is -0.456 e. The topological polar surface area (TPSA) is 16.4 Å². The van der Waals surface area contributed by atoms with Crippen molar-refractivity contribution in [2.45, 2.75) is 19.3 Å². The number of nitrogens with zero attached hydrogens (tertiary/aromatic N) is 1. The summed E-state index contributed by atoms with van der Waals surface area (Å²) in [6.45, 7) is 4.70. The molecule has 1 aromatic heterocycles. The van der Waals surface area contributed by atoms with Gasteiger partial charge in [0.15, 0.2) is 0 Å². The molecule has 0 bridgehead atoms. The summed E-state index contributed by atoms with van der Waals surface area (Å²) in [6.07, 6.45) is 0. The van der Waals surface area contributed by atoms with Crippen LogP contribution in [0.1, 0.15) is 25.0 Å². The molecule has 0 spiro atoms. The molecule has 0 N–H and O–H groups in total. The monoisotopic (exact) mass is 755 g/mol. The van der Waals surface area contributed by atoms with Crippen molar-refractivity contribution < 1.29 is 4.42 Å². The number of fused-ring (bicyclic) bond motifs is 6. The average molecular weight is 756 g/mol. The van der Waals surface area contributed by atoms with Crippen LogP contribution >= 0.6 is 0 Å². The van der Waals surface area contributed by atoms with E-state index >= 15 is 0 Å². The molecule has 0 fully saturated rings. The molecule has 0 unspecified atom stereocenters. The van der Waals surface area contributed by atoms with Gasteiger partial charge >= 0.3 is 0 Å². The zero-order chi connectivity index (χ0) is 39.5. The maximum atomic E-state index is 6.08. The number of furan rings is 1. The van der Waals surface area contributed by atoms with Gasteiger partial charge in [-0.3, -0.25) is 0 Å². The van der Waals surface area contributed by atoms with Crippen LogP contribution in [0.4, 0.5) is 17.1 Å². The largest absolute Gasteiger partial charge is 0.456 e. The summed E-state index contributed by atoms with van der Waals surface area (Å²) in [6, 6.07) is 76.9. The molecule has 0 atom stereocenters. The van der Waals surface area contributed by atoms with Crippen molar-refractivity contribution in [3.8, 4) is 55.6 Å². The van der Waals surface area contributed by atoms with E-state index in [-0.39, 0.29) is 5.41 Å². The molecule has 2 heteroatoms. The Morgan fingerprint density at radius 1 is 0.322 bits per heavy atom. The quantitative estimate of drug-likeness (QED) is 0.161. The first-order chi connectivity index (χ1) is 29.0. The molecule has 9 aromatic carbocycles. The highest BCUT2D eigenvalue weighted by Crippen LogP contribution is 2.51. The number of rotatable bonds is 7. The third kappa shape index (κ3) is 5.96. The molecule has 59 heavy (non-hydrogen) atoms. The van der Waals surface area contributed by atoms with E-state index in [1.165, 1.54) is 66.8 Å². The summed E-state index contributed by atoms with van der Waals surface area (Å²) in [5.41, 5.74) is 20.0. The number of hydrogen-bond donors (Lipinski definition) is 0. The van der Waals surface area contributed by atoms with E-state index in [1.807, 2.05) is 12.1 Å². The second-order valence-corrected chi connectivity index (χ2v) is 16.1. The molecule has 1 aliphatic rings. The second-order valence-electron chi connectivity index (χ2n) is 16.1. The Morgan fingerprint density at radius 3 is 1.49 bits per heavy atom. The van der Waals surface area contributed by atoms with Crippen molar-refractivity contribution in [3.05, 3.63) is 223 Å². The van der Waals surface area contributed by atoms with Gasteiger partial charge in [0.2, 0.25) is 0 Å². The van der Waals surface area contributed by atoms with E-state index in [9.17, 15) is 0 Å². The first-order valence-electron chi connectivity index (χ1n) is 20.4. The molecule has 1 aliphatic carbocycles. The van der Waals surface area contributed by atoms with Crippen molar-refractivity contribution in [1.29, 1.82) is 0 Å². The Labute approximate surface area is 345 Å². The predicted octanol–water partition coefficient (Wildman–Crippen LogP) is 16.0. The van der Waals surface area contributed by atoms with Crippen LogP contribution in [0.2, 0.25) is 0 Å². The van der Waals surface area contributed by atoms with Gasteiger partial charge in [0.1, 0.15) is 11.2 Å². The lowest BCUT2D eigenvalue weighted by Crippen LogP contribution is -2.16. The van der Waals surface area contributed by atoms with E-state index in [4.69, 9.17) is 4.42 Å². The third-order valence-corrected chi connectivity index (χ3v) is 12.3. The Morgan fingerprint density at radius 2 is 0.797 bits per heavy atom. The van der Waals surface area contributed by atoms with Crippen LogP contribution in [0.15, 0.2) is 217 Å². The molecule has 0 radical (unpaired) electrons. The predicted molar refractivity (Wildman–Crippen MR) is 248 cm³/mol. The standard InChI is InChI=1S/C57H41NO/c1-57(2)53-18-10-8-16-49(53)50-34-33-46(37-54(50)57)58(45-31-26-42(27-32-45)48-15-7-6-14-47(48)41-12-4-3-5-13-41)44-29-24-39(25-30-44)38-20-22-40(23-21-38)43-28-35-56-52(36-43)51-17-9-11-19-55(51)59-56/h3-37H,1-2H3. The third-order valence-electron chi connectivity index (χ3n) is 12.3. The van der Waals surface area contributed by atoms with Gasteiger partial charge in [-0.2, -0.15) is 0 Å². The summed E-state index contributed by atoms with van der Waals surface area (Å²) in [5, 5.41) is 2.29. The molecule has 0 saturated heterocycles. The van der Waals surface area contributed by atoms with Gasteiger partial charge < -0.3 is 9.32 Å². The van der Waals surface area contributed by atoms with E-state index < -0.39 is 0 Å². The molecular weight excluding hydrogens is 715 g/mol. The summed E-state index contributed by atoms with van der Waals surface area (Å²) in [4.78, 5) is 2.40. The zero-order valence-electron chi connectivity index (χ0n) is 33.1. The number of para-hydroxylation sites is 1. The van der Waals surface area contributed by atoms with E-state index in [0.717, 1.165) is 39.0 Å². The molecule has 2 nitrogen and oxygen atoms in total. The van der Waals surface area contributed by atoms with Gasteiger partial charge in [0, 0.05) is 33.2 Å². The summed E-state index contributed by atoms with van der Waals surface area (Å²) < 4.78 is 6.08. The van der Waals surface area contributed by atoms with Crippen molar-refractivity contribution in [1.82, 2.24) is 0 Å². The molecule has 280 valence electrons. The van der Waals surface area contributed by atoms with Gasteiger partial charge in [0.25, 0.3) is 0 Å². The summed E-state index contributed by atoms with van der Waals surface area (Å²) in [7, 11) is 0. The van der Waals surface area contributed by atoms with Crippen LogP contribution in [-0.4, -0.2) is 0 Å². The lowest BCUT2D eigenvalue weighted by molar-refractivity contribution is 0.660. The van der Waals surface area contributed by atoms with Crippen molar-refractivity contribution in [2.75, 3.05) is 4.90 Å². The minimum atomic E-state index is -0.104. The second kappa shape index (κ2) is 13.9. The maximum Gasteiger partial charge on any atom is 0.135 e. The van der Waals surface area contributed by atoms with Crippen LogP contribution < -0.4 is 4.90 Å². The smallest absolute Gasteiger partial charge is 0.135 e. The van der Waals surface area contributed by atoms with Crippen molar-refractivity contribution >= 4 is 39.0 Å². The fraction of sp³-hybridized carbons (Fsp3) is 0.0526. The first-order valence-corrected chi connectivity index (χ1v) is 20.4. The number of anilines is 3. The Hall–Kier alpha value is -7.42. The molecule has 0 amide bonds. The number of hydrogen-bond acceptors (Lipinski definition) is 2. The van der Waals surface area contributed by atoms with Crippen LogP contribution in [0.5, 0.6) is 0 Å². The van der Waals surface area contributed by atoms with Crippen LogP contribution in [0.25, 0.3) is 77.6 Å². The van der Waals surface area contributed by atoms with Gasteiger partial charge in [-0.05, 0) is 121 Å². The zero-order valence-corrected chi connectivity index (χ0v) is 33.1. The van der Waals surface area contributed by atoms with Crippen LogP contribution in [-0.2, 0) is 5.41 Å². The van der Waals surface area contributed by atoms with Gasteiger partial charge in [-0.1, -0.05) is 172 Å². The first kappa shape index (κ1) is 34.8. The molecule has 1 heterocycles. The van der Waals surface area contributed by atoms with Crippen LogP contribution in [0.3, 0.4) is 0 Å². The maximum absolute atomic E-state index is 6.08.